The molecule has 0 radical (unpaired) electrons. The highest BCUT2D eigenvalue weighted by molar-refractivity contribution is 5.67. The van der Waals surface area contributed by atoms with Crippen LogP contribution >= 0.6 is 0 Å². The van der Waals surface area contributed by atoms with Gasteiger partial charge in [0.25, 0.3) is 0 Å². The summed E-state index contributed by atoms with van der Waals surface area (Å²) in [5, 5.41) is 10.2. The van der Waals surface area contributed by atoms with E-state index in [0.29, 0.717) is 0 Å². The molecule has 0 spiro atoms. The molecule has 1 fully saturated rings. The fourth-order valence-electron chi connectivity index (χ4n) is 2.03. The molecule has 4 nitrogen and oxygen atoms in total. The summed E-state index contributed by atoms with van der Waals surface area (Å²) in [5.74, 6) is -0.992. The predicted octanol–water partition coefficient (Wildman–Crippen LogP) is 0.649. The van der Waals surface area contributed by atoms with Crippen LogP contribution in [-0.2, 0) is 18.4 Å². The van der Waals surface area contributed by atoms with Gasteiger partial charge in [0.2, 0.25) is 6.33 Å². The van der Waals surface area contributed by atoms with Crippen molar-refractivity contribution in [1.82, 2.24) is 4.57 Å². The molecule has 2 rings (SSSR count). The Morgan fingerprint density at radius 3 is 2.35 bits per heavy atom. The van der Waals surface area contributed by atoms with Gasteiger partial charge in [-0.25, -0.2) is 9.13 Å². The Hall–Kier alpha value is -1.32. The zero-order chi connectivity index (χ0) is 12.7. The Balaban J connectivity index is 0.000000171. The Labute approximate surface area is 103 Å². The average Bonchev–Trinajstić information content (AvgIpc) is 2.77. The number of imidazole rings is 1. The highest BCUT2D eigenvalue weighted by Gasteiger charge is 2.13. The van der Waals surface area contributed by atoms with E-state index >= 15 is 0 Å². The van der Waals surface area contributed by atoms with E-state index < -0.39 is 5.97 Å². The molecule has 1 heterocycles. The number of aliphatic carboxylic acids is 1. The summed E-state index contributed by atoms with van der Waals surface area (Å²) in [6, 6.07) is 0. The molecule has 0 N–H and O–H groups in total. The zero-order valence-corrected chi connectivity index (χ0v) is 10.8. The van der Waals surface area contributed by atoms with E-state index in [2.05, 4.69) is 24.0 Å². The van der Waals surface area contributed by atoms with Crippen LogP contribution in [0.15, 0.2) is 18.7 Å². The molecule has 1 aromatic heterocycles. The molecule has 0 amide bonds. The van der Waals surface area contributed by atoms with E-state index in [-0.39, 0.29) is 5.92 Å². The van der Waals surface area contributed by atoms with Crippen molar-refractivity contribution in [2.75, 3.05) is 0 Å². The minimum absolute atomic E-state index is 0.140. The topological polar surface area (TPSA) is 48.9 Å². The number of hydrogen-bond acceptors (Lipinski definition) is 2. The maximum atomic E-state index is 10.2. The smallest absolute Gasteiger partial charge is 0.243 e. The number of carbonyl (C=O) groups is 1. The first-order chi connectivity index (χ1) is 8.13. The highest BCUT2D eigenvalue weighted by atomic mass is 16.4. The van der Waals surface area contributed by atoms with Gasteiger partial charge >= 0.3 is 0 Å². The Morgan fingerprint density at radius 1 is 1.41 bits per heavy atom. The van der Waals surface area contributed by atoms with E-state index in [9.17, 15) is 9.90 Å². The Bertz CT molecular complexity index is 341. The molecule has 0 atom stereocenters. The van der Waals surface area contributed by atoms with Crippen molar-refractivity contribution in [3.05, 3.63) is 18.7 Å². The van der Waals surface area contributed by atoms with Gasteiger partial charge < -0.3 is 9.90 Å². The molecule has 1 aromatic rings. The maximum Gasteiger partial charge on any atom is 0.243 e. The van der Waals surface area contributed by atoms with Crippen LogP contribution in [0.1, 0.15) is 39.0 Å². The molecule has 1 saturated carbocycles. The second-order valence-electron chi connectivity index (χ2n) is 4.56. The number of carboxylic acids is 1. The lowest BCUT2D eigenvalue weighted by atomic mass is 9.90. The number of aryl methyl sites for hydroxylation is 2. The maximum absolute atomic E-state index is 10.2. The SMILES string of the molecule is CCn1cc[n+](C)c1.O=C([O-])C1CCCCC1. The van der Waals surface area contributed by atoms with Gasteiger partial charge in [0.15, 0.2) is 0 Å². The van der Waals surface area contributed by atoms with Crippen molar-refractivity contribution in [2.24, 2.45) is 13.0 Å². The second-order valence-corrected chi connectivity index (χ2v) is 4.56. The first kappa shape index (κ1) is 13.7. The van der Waals surface area contributed by atoms with Crippen molar-refractivity contribution < 1.29 is 14.5 Å². The first-order valence-corrected chi connectivity index (χ1v) is 6.35. The van der Waals surface area contributed by atoms with Crippen molar-refractivity contribution >= 4 is 5.97 Å². The fraction of sp³-hybridized carbons (Fsp3) is 0.692. The van der Waals surface area contributed by atoms with Gasteiger partial charge in [-0.3, -0.25) is 0 Å². The molecule has 4 heteroatoms. The third-order valence-electron chi connectivity index (χ3n) is 3.13. The molecule has 0 aliphatic heterocycles. The Morgan fingerprint density at radius 2 is 2.06 bits per heavy atom. The summed E-state index contributed by atoms with van der Waals surface area (Å²) in [5.41, 5.74) is 0. The van der Waals surface area contributed by atoms with E-state index in [4.69, 9.17) is 0 Å². The first-order valence-electron chi connectivity index (χ1n) is 6.35. The minimum atomic E-state index is -0.852. The van der Waals surface area contributed by atoms with E-state index in [0.717, 1.165) is 32.2 Å². The molecular weight excluding hydrogens is 216 g/mol. The zero-order valence-electron chi connectivity index (χ0n) is 10.8. The molecule has 0 unspecified atom stereocenters. The molecule has 0 saturated heterocycles. The van der Waals surface area contributed by atoms with Crippen LogP contribution < -0.4 is 9.67 Å². The van der Waals surface area contributed by atoms with Gasteiger partial charge in [0.05, 0.1) is 13.6 Å². The summed E-state index contributed by atoms with van der Waals surface area (Å²) >= 11 is 0. The number of rotatable bonds is 2. The van der Waals surface area contributed by atoms with Crippen molar-refractivity contribution in [3.8, 4) is 0 Å². The number of nitrogens with zero attached hydrogens (tertiary/aromatic N) is 2. The number of hydrogen-bond donors (Lipinski definition) is 0. The van der Waals surface area contributed by atoms with Crippen LogP contribution in [-0.4, -0.2) is 10.5 Å². The molecule has 1 aliphatic carbocycles. The van der Waals surface area contributed by atoms with Crippen LogP contribution in [0.25, 0.3) is 0 Å². The highest BCUT2D eigenvalue weighted by Crippen LogP contribution is 2.22. The van der Waals surface area contributed by atoms with Crippen LogP contribution in [0.3, 0.4) is 0 Å². The van der Waals surface area contributed by atoms with Crippen molar-refractivity contribution in [3.63, 3.8) is 0 Å². The van der Waals surface area contributed by atoms with E-state index in [1.807, 2.05) is 17.8 Å². The number of aromatic nitrogens is 2. The van der Waals surface area contributed by atoms with E-state index in [1.165, 1.54) is 6.42 Å². The van der Waals surface area contributed by atoms with Crippen LogP contribution in [0.2, 0.25) is 0 Å². The van der Waals surface area contributed by atoms with Gasteiger partial charge in [0.1, 0.15) is 12.4 Å². The monoisotopic (exact) mass is 238 g/mol. The van der Waals surface area contributed by atoms with Gasteiger partial charge in [-0.15, -0.1) is 0 Å². The Kier molecular flexibility index (Phi) is 5.73. The predicted molar refractivity (Wildman–Crippen MR) is 62.9 cm³/mol. The van der Waals surface area contributed by atoms with E-state index in [1.54, 1.807) is 0 Å². The molecule has 0 bridgehead atoms. The lowest BCUT2D eigenvalue weighted by molar-refractivity contribution is -0.671. The minimum Gasteiger partial charge on any atom is -0.550 e. The molecule has 96 valence electrons. The number of carbonyl (C=O) groups excluding carboxylic acids is 1. The van der Waals surface area contributed by atoms with Crippen LogP contribution in [0.4, 0.5) is 0 Å². The third-order valence-corrected chi connectivity index (χ3v) is 3.13. The van der Waals surface area contributed by atoms with Crippen molar-refractivity contribution in [1.29, 1.82) is 0 Å². The normalized spacial score (nSPS) is 16.1. The average molecular weight is 238 g/mol. The van der Waals surface area contributed by atoms with Crippen molar-refractivity contribution in [2.45, 2.75) is 45.6 Å². The fourth-order valence-corrected chi connectivity index (χ4v) is 2.03. The molecular formula is C13H22N2O2. The quantitative estimate of drug-likeness (QED) is 0.710. The summed E-state index contributed by atoms with van der Waals surface area (Å²) < 4.78 is 4.16. The standard InChI is InChI=1S/C7H12O2.C6H11N2/c8-7(9)6-4-2-1-3-5-6;1-3-8-5-4-7(2)6-8/h6H,1-5H2,(H,8,9);4-6H,3H2,1-2H3/q;+1/p-1. The lowest BCUT2D eigenvalue weighted by Crippen LogP contribution is -2.32. The molecule has 1 aliphatic rings. The summed E-state index contributed by atoms with van der Waals surface area (Å²) in [4.78, 5) is 10.2. The molecule has 17 heavy (non-hydrogen) atoms. The largest absolute Gasteiger partial charge is 0.550 e. The second kappa shape index (κ2) is 7.09. The van der Waals surface area contributed by atoms with Crippen LogP contribution in [0, 0.1) is 5.92 Å². The van der Waals surface area contributed by atoms with Gasteiger partial charge in [-0.2, -0.15) is 0 Å². The third kappa shape index (κ3) is 5.02. The summed E-state index contributed by atoms with van der Waals surface area (Å²) in [6.07, 6.45) is 11.1. The van der Waals surface area contributed by atoms with Gasteiger partial charge in [-0.1, -0.05) is 19.3 Å². The summed E-state index contributed by atoms with van der Waals surface area (Å²) in [7, 11) is 2.02. The van der Waals surface area contributed by atoms with Crippen LogP contribution in [0.5, 0.6) is 0 Å². The number of carboxylic acid groups (broad SMARTS) is 1. The van der Waals surface area contributed by atoms with Gasteiger partial charge in [0, 0.05) is 5.97 Å². The lowest BCUT2D eigenvalue weighted by Gasteiger charge is -2.21. The van der Waals surface area contributed by atoms with Gasteiger partial charge in [-0.05, 0) is 25.7 Å². The summed E-state index contributed by atoms with van der Waals surface area (Å²) in [6.45, 7) is 3.18. The molecule has 0 aromatic carbocycles.